The first-order chi connectivity index (χ1) is 13.7. The van der Waals surface area contributed by atoms with Crippen LogP contribution in [0.15, 0.2) is 60.8 Å². The summed E-state index contributed by atoms with van der Waals surface area (Å²) in [6.45, 7) is 1.44. The van der Waals surface area contributed by atoms with Crippen LogP contribution in [0.3, 0.4) is 0 Å². The van der Waals surface area contributed by atoms with Crippen LogP contribution in [-0.4, -0.2) is 44.0 Å². The van der Waals surface area contributed by atoms with Gasteiger partial charge in [0.25, 0.3) is 5.91 Å². The first-order valence-corrected chi connectivity index (χ1v) is 8.98. The SMILES string of the molecule is NC(=O)c1cn(C2CN(c3nc(-c4ccccc4)nc4ccccc34)C2)nn1. The molecule has 1 fully saturated rings. The van der Waals surface area contributed by atoms with Crippen LogP contribution in [-0.2, 0) is 0 Å². The van der Waals surface area contributed by atoms with E-state index in [0.29, 0.717) is 5.82 Å². The van der Waals surface area contributed by atoms with Crippen molar-refractivity contribution in [3.63, 3.8) is 0 Å². The number of para-hydroxylation sites is 1. The van der Waals surface area contributed by atoms with Crippen molar-refractivity contribution in [2.75, 3.05) is 18.0 Å². The van der Waals surface area contributed by atoms with Gasteiger partial charge in [-0.3, -0.25) is 4.79 Å². The van der Waals surface area contributed by atoms with Crippen molar-refractivity contribution in [2.45, 2.75) is 6.04 Å². The summed E-state index contributed by atoms with van der Waals surface area (Å²) < 4.78 is 1.69. The van der Waals surface area contributed by atoms with Gasteiger partial charge in [0.05, 0.1) is 17.8 Å². The van der Waals surface area contributed by atoms with Crippen molar-refractivity contribution in [3.8, 4) is 11.4 Å². The van der Waals surface area contributed by atoms with Gasteiger partial charge < -0.3 is 10.6 Å². The lowest BCUT2D eigenvalue weighted by Gasteiger charge is -2.40. The van der Waals surface area contributed by atoms with E-state index in [4.69, 9.17) is 15.7 Å². The zero-order valence-corrected chi connectivity index (χ0v) is 14.9. The number of rotatable bonds is 4. The van der Waals surface area contributed by atoms with Crippen LogP contribution < -0.4 is 10.6 Å². The lowest BCUT2D eigenvalue weighted by molar-refractivity contribution is 0.0995. The first-order valence-electron chi connectivity index (χ1n) is 8.98. The molecule has 0 unspecified atom stereocenters. The Balaban J connectivity index is 1.48. The van der Waals surface area contributed by atoms with Crippen molar-refractivity contribution in [1.29, 1.82) is 0 Å². The van der Waals surface area contributed by atoms with Crippen molar-refractivity contribution in [2.24, 2.45) is 5.73 Å². The van der Waals surface area contributed by atoms with Gasteiger partial charge >= 0.3 is 0 Å². The van der Waals surface area contributed by atoms with Crippen molar-refractivity contribution >= 4 is 22.6 Å². The van der Waals surface area contributed by atoms with Gasteiger partial charge in [-0.25, -0.2) is 14.6 Å². The number of carbonyl (C=O) groups excluding carboxylic acids is 1. The maximum Gasteiger partial charge on any atom is 0.270 e. The number of amides is 1. The Morgan fingerprint density at radius 2 is 1.75 bits per heavy atom. The molecule has 0 aliphatic carbocycles. The van der Waals surface area contributed by atoms with E-state index in [1.807, 2.05) is 54.6 Å². The van der Waals surface area contributed by atoms with Gasteiger partial charge in [0.1, 0.15) is 5.82 Å². The minimum atomic E-state index is -0.572. The second-order valence-corrected chi connectivity index (χ2v) is 6.76. The molecule has 0 spiro atoms. The van der Waals surface area contributed by atoms with E-state index in [1.54, 1.807) is 10.9 Å². The number of carbonyl (C=O) groups is 1. The predicted molar refractivity (Wildman–Crippen MR) is 105 cm³/mol. The topological polar surface area (TPSA) is 103 Å². The highest BCUT2D eigenvalue weighted by Gasteiger charge is 2.32. The molecule has 28 heavy (non-hydrogen) atoms. The number of benzene rings is 2. The van der Waals surface area contributed by atoms with Crippen LogP contribution in [0, 0.1) is 0 Å². The van der Waals surface area contributed by atoms with E-state index < -0.39 is 5.91 Å². The lowest BCUT2D eigenvalue weighted by Crippen LogP contribution is -2.48. The quantitative estimate of drug-likeness (QED) is 0.589. The maximum atomic E-state index is 11.2. The highest BCUT2D eigenvalue weighted by Crippen LogP contribution is 2.33. The number of anilines is 1. The number of nitrogens with two attached hydrogens (primary N) is 1. The summed E-state index contributed by atoms with van der Waals surface area (Å²) >= 11 is 0. The molecule has 1 aliphatic rings. The summed E-state index contributed by atoms with van der Waals surface area (Å²) in [4.78, 5) is 23.0. The third kappa shape index (κ3) is 2.75. The zero-order valence-electron chi connectivity index (χ0n) is 14.9. The molecular weight excluding hydrogens is 354 g/mol. The third-order valence-electron chi connectivity index (χ3n) is 4.91. The van der Waals surface area contributed by atoms with Gasteiger partial charge in [-0.15, -0.1) is 5.10 Å². The van der Waals surface area contributed by atoms with E-state index in [2.05, 4.69) is 15.2 Å². The van der Waals surface area contributed by atoms with Crippen LogP contribution in [0.1, 0.15) is 16.5 Å². The molecule has 4 aromatic rings. The molecule has 1 amide bonds. The molecule has 2 N–H and O–H groups in total. The predicted octanol–water partition coefficient (Wildman–Crippen LogP) is 2.05. The van der Waals surface area contributed by atoms with E-state index in [-0.39, 0.29) is 11.7 Å². The van der Waals surface area contributed by atoms with E-state index in [0.717, 1.165) is 35.4 Å². The van der Waals surface area contributed by atoms with Gasteiger partial charge in [-0.2, -0.15) is 0 Å². The Morgan fingerprint density at radius 3 is 2.50 bits per heavy atom. The molecule has 2 aromatic carbocycles. The molecule has 3 heterocycles. The number of primary amides is 1. The Hall–Kier alpha value is -3.81. The number of aromatic nitrogens is 5. The third-order valence-corrected chi connectivity index (χ3v) is 4.91. The van der Waals surface area contributed by atoms with Crippen LogP contribution in [0.5, 0.6) is 0 Å². The average molecular weight is 371 g/mol. The Labute approximate surface area is 160 Å². The van der Waals surface area contributed by atoms with Crippen LogP contribution in [0.2, 0.25) is 0 Å². The summed E-state index contributed by atoms with van der Waals surface area (Å²) in [5.41, 5.74) is 7.32. The molecular formula is C20H17N7O. The van der Waals surface area contributed by atoms with Crippen LogP contribution in [0.25, 0.3) is 22.3 Å². The monoisotopic (exact) mass is 371 g/mol. The van der Waals surface area contributed by atoms with Gasteiger partial charge in [0, 0.05) is 24.0 Å². The minimum absolute atomic E-state index is 0.120. The molecule has 0 bridgehead atoms. The fraction of sp³-hybridized carbons (Fsp3) is 0.150. The molecule has 1 saturated heterocycles. The van der Waals surface area contributed by atoms with Crippen molar-refractivity contribution in [3.05, 3.63) is 66.5 Å². The first kappa shape index (κ1) is 16.4. The Morgan fingerprint density at radius 1 is 1.00 bits per heavy atom. The average Bonchev–Trinajstić information content (AvgIpc) is 3.17. The summed E-state index contributed by atoms with van der Waals surface area (Å²) in [5.74, 6) is 1.03. The number of fused-ring (bicyclic) bond motifs is 1. The van der Waals surface area contributed by atoms with Gasteiger partial charge in [0.15, 0.2) is 11.5 Å². The highest BCUT2D eigenvalue weighted by molar-refractivity contribution is 5.91. The number of hydrogen-bond donors (Lipinski definition) is 1. The normalized spacial score (nSPS) is 14.2. The number of nitrogens with zero attached hydrogens (tertiary/aromatic N) is 6. The summed E-state index contributed by atoms with van der Waals surface area (Å²) in [6, 6.07) is 18.1. The van der Waals surface area contributed by atoms with Gasteiger partial charge in [-0.05, 0) is 12.1 Å². The van der Waals surface area contributed by atoms with Crippen LogP contribution in [0.4, 0.5) is 5.82 Å². The largest absolute Gasteiger partial charge is 0.364 e. The highest BCUT2D eigenvalue weighted by atomic mass is 16.1. The molecule has 138 valence electrons. The fourth-order valence-corrected chi connectivity index (χ4v) is 3.38. The summed E-state index contributed by atoms with van der Waals surface area (Å²) in [5, 5.41) is 8.85. The van der Waals surface area contributed by atoms with E-state index in [9.17, 15) is 4.79 Å². The molecule has 1 aliphatic heterocycles. The van der Waals surface area contributed by atoms with Crippen molar-refractivity contribution < 1.29 is 4.79 Å². The molecule has 8 nitrogen and oxygen atoms in total. The number of hydrogen-bond acceptors (Lipinski definition) is 6. The summed E-state index contributed by atoms with van der Waals surface area (Å²) in [6.07, 6.45) is 1.60. The second-order valence-electron chi connectivity index (χ2n) is 6.76. The molecule has 8 heteroatoms. The Kier molecular flexibility index (Phi) is 3.75. The van der Waals surface area contributed by atoms with E-state index >= 15 is 0 Å². The summed E-state index contributed by atoms with van der Waals surface area (Å²) in [7, 11) is 0. The maximum absolute atomic E-state index is 11.2. The van der Waals surface area contributed by atoms with Crippen molar-refractivity contribution in [1.82, 2.24) is 25.0 Å². The second kappa shape index (κ2) is 6.41. The Bertz CT molecular complexity index is 1170. The van der Waals surface area contributed by atoms with E-state index in [1.165, 1.54) is 0 Å². The minimum Gasteiger partial charge on any atom is -0.364 e. The molecule has 0 radical (unpaired) electrons. The van der Waals surface area contributed by atoms with Gasteiger partial charge in [0.2, 0.25) is 0 Å². The molecule has 5 rings (SSSR count). The molecule has 0 saturated carbocycles. The fourth-order valence-electron chi connectivity index (χ4n) is 3.38. The lowest BCUT2D eigenvalue weighted by atomic mass is 10.1. The van der Waals surface area contributed by atoms with Crippen LogP contribution >= 0.6 is 0 Å². The standard InChI is InChI=1S/C20H17N7O/c21-18(28)17-12-27(25-24-17)14-10-26(11-14)20-15-8-4-5-9-16(15)22-19(23-20)13-6-2-1-3-7-13/h1-9,12,14H,10-11H2,(H2,21,28). The van der Waals surface area contributed by atoms with Gasteiger partial charge in [-0.1, -0.05) is 47.7 Å². The molecule has 2 aromatic heterocycles. The smallest absolute Gasteiger partial charge is 0.270 e. The zero-order chi connectivity index (χ0) is 19.1. The molecule has 0 atom stereocenters.